The van der Waals surface area contributed by atoms with Crippen LogP contribution in [0.1, 0.15) is 48.9 Å². The quantitative estimate of drug-likeness (QED) is 0.846. The van der Waals surface area contributed by atoms with Gasteiger partial charge in [0.15, 0.2) is 5.78 Å². The lowest BCUT2D eigenvalue weighted by atomic mass is 9.80. The molecule has 21 heavy (non-hydrogen) atoms. The van der Waals surface area contributed by atoms with Crippen LogP contribution in [0.4, 0.5) is 4.79 Å². The molecule has 0 bridgehead atoms. The molecule has 2 rings (SSSR count). The van der Waals surface area contributed by atoms with E-state index in [1.165, 1.54) is 0 Å². The van der Waals surface area contributed by atoms with Gasteiger partial charge in [-0.3, -0.25) is 4.79 Å². The predicted molar refractivity (Wildman–Crippen MR) is 78.4 cm³/mol. The average molecular weight is 291 g/mol. The summed E-state index contributed by atoms with van der Waals surface area (Å²) in [5, 5.41) is 0. The average Bonchev–Trinajstić information content (AvgIpc) is 2.47. The van der Waals surface area contributed by atoms with Crippen LogP contribution in [0, 0.1) is 0 Å². The van der Waals surface area contributed by atoms with Gasteiger partial charge in [0.25, 0.3) is 0 Å². The van der Waals surface area contributed by atoms with Crippen molar-refractivity contribution < 1.29 is 19.1 Å². The minimum absolute atomic E-state index is 0.0409. The molecule has 5 heteroatoms. The third-order valence-corrected chi connectivity index (χ3v) is 3.98. The Morgan fingerprint density at radius 1 is 1.14 bits per heavy atom. The second kappa shape index (κ2) is 6.61. The molecular formula is C16H21NO4. The molecule has 0 aliphatic heterocycles. The van der Waals surface area contributed by atoms with Crippen molar-refractivity contribution in [3.63, 3.8) is 0 Å². The lowest BCUT2D eigenvalue weighted by molar-refractivity contribution is -0.0138. The molecule has 1 saturated carbocycles. The maximum absolute atomic E-state index is 12.4. The number of methoxy groups -OCH3 is 1. The molecule has 1 aliphatic rings. The van der Waals surface area contributed by atoms with Gasteiger partial charge in [0.1, 0.15) is 11.4 Å². The fourth-order valence-electron chi connectivity index (χ4n) is 2.90. The molecule has 1 amide bonds. The number of ether oxygens (including phenoxy) is 2. The largest absolute Gasteiger partial charge is 0.497 e. The van der Waals surface area contributed by atoms with Crippen LogP contribution in [0.5, 0.6) is 5.75 Å². The van der Waals surface area contributed by atoms with E-state index in [9.17, 15) is 9.59 Å². The summed E-state index contributed by atoms with van der Waals surface area (Å²) >= 11 is 0. The molecule has 114 valence electrons. The van der Waals surface area contributed by atoms with Gasteiger partial charge in [-0.15, -0.1) is 0 Å². The molecule has 0 spiro atoms. The molecule has 0 unspecified atom stereocenters. The van der Waals surface area contributed by atoms with E-state index in [0.29, 0.717) is 24.2 Å². The molecule has 5 nitrogen and oxygen atoms in total. The summed E-state index contributed by atoms with van der Waals surface area (Å²) in [4.78, 5) is 23.6. The van der Waals surface area contributed by atoms with E-state index < -0.39 is 11.7 Å². The van der Waals surface area contributed by atoms with Crippen molar-refractivity contribution in [1.82, 2.24) is 0 Å². The molecule has 1 aliphatic carbocycles. The van der Waals surface area contributed by atoms with Crippen LogP contribution in [-0.4, -0.2) is 24.6 Å². The van der Waals surface area contributed by atoms with Crippen molar-refractivity contribution >= 4 is 11.9 Å². The standard InChI is InChI=1S/C16H21NO4/c1-20-13-7-5-12(6-8-13)14(18)11-16(21-15(17)19)9-3-2-4-10-16/h5-8H,2-4,9-11H2,1H3,(H2,17,19). The Balaban J connectivity index is 2.11. The monoisotopic (exact) mass is 291 g/mol. The van der Waals surface area contributed by atoms with Crippen molar-refractivity contribution in [3.8, 4) is 5.75 Å². The summed E-state index contributed by atoms with van der Waals surface area (Å²) in [6.07, 6.45) is 3.75. The Bertz CT molecular complexity index is 504. The number of primary amides is 1. The molecule has 0 radical (unpaired) electrons. The van der Waals surface area contributed by atoms with Crippen molar-refractivity contribution in [2.24, 2.45) is 5.73 Å². The Labute approximate surface area is 124 Å². The third kappa shape index (κ3) is 3.97. The minimum Gasteiger partial charge on any atom is -0.497 e. The van der Waals surface area contributed by atoms with Gasteiger partial charge in [0, 0.05) is 5.56 Å². The Morgan fingerprint density at radius 3 is 2.29 bits per heavy atom. The number of nitrogens with two attached hydrogens (primary N) is 1. The maximum Gasteiger partial charge on any atom is 0.405 e. The first-order valence-corrected chi connectivity index (χ1v) is 7.20. The SMILES string of the molecule is COc1ccc(C(=O)CC2(OC(N)=O)CCCCC2)cc1. The number of carbonyl (C=O) groups excluding carboxylic acids is 2. The van der Waals surface area contributed by atoms with Gasteiger partial charge in [-0.1, -0.05) is 6.42 Å². The normalized spacial score (nSPS) is 17.0. The highest BCUT2D eigenvalue weighted by atomic mass is 16.6. The molecule has 2 N–H and O–H groups in total. The second-order valence-electron chi connectivity index (χ2n) is 5.49. The molecule has 0 atom stereocenters. The van der Waals surface area contributed by atoms with Crippen molar-refractivity contribution in [2.45, 2.75) is 44.1 Å². The van der Waals surface area contributed by atoms with Crippen LogP contribution in [0.25, 0.3) is 0 Å². The van der Waals surface area contributed by atoms with Crippen molar-refractivity contribution in [3.05, 3.63) is 29.8 Å². The number of benzene rings is 1. The van der Waals surface area contributed by atoms with Crippen molar-refractivity contribution in [2.75, 3.05) is 7.11 Å². The number of hydrogen-bond donors (Lipinski definition) is 1. The fraction of sp³-hybridized carbons (Fsp3) is 0.500. The van der Waals surface area contributed by atoms with Gasteiger partial charge in [-0.2, -0.15) is 0 Å². The molecule has 0 aromatic heterocycles. The number of hydrogen-bond acceptors (Lipinski definition) is 4. The third-order valence-electron chi connectivity index (χ3n) is 3.98. The van der Waals surface area contributed by atoms with Gasteiger partial charge in [0.2, 0.25) is 0 Å². The summed E-state index contributed by atoms with van der Waals surface area (Å²) in [6, 6.07) is 6.94. The van der Waals surface area contributed by atoms with E-state index in [4.69, 9.17) is 15.2 Å². The maximum atomic E-state index is 12.4. The van der Waals surface area contributed by atoms with Crippen LogP contribution in [-0.2, 0) is 4.74 Å². The highest BCUT2D eigenvalue weighted by Gasteiger charge is 2.37. The van der Waals surface area contributed by atoms with E-state index in [1.54, 1.807) is 31.4 Å². The fourth-order valence-corrected chi connectivity index (χ4v) is 2.90. The smallest absolute Gasteiger partial charge is 0.405 e. The Kier molecular flexibility index (Phi) is 4.83. The van der Waals surface area contributed by atoms with Gasteiger partial charge in [-0.25, -0.2) is 4.79 Å². The van der Waals surface area contributed by atoms with E-state index in [-0.39, 0.29) is 12.2 Å². The molecule has 1 aromatic rings. The lowest BCUT2D eigenvalue weighted by Gasteiger charge is -2.35. The van der Waals surface area contributed by atoms with Gasteiger partial charge in [-0.05, 0) is 49.9 Å². The second-order valence-corrected chi connectivity index (χ2v) is 5.49. The minimum atomic E-state index is -0.806. The number of ketones is 1. The topological polar surface area (TPSA) is 78.6 Å². The van der Waals surface area contributed by atoms with E-state index in [0.717, 1.165) is 19.3 Å². The molecule has 1 aromatic carbocycles. The lowest BCUT2D eigenvalue weighted by Crippen LogP contribution is -2.41. The summed E-state index contributed by atoms with van der Waals surface area (Å²) in [7, 11) is 1.58. The Morgan fingerprint density at radius 2 is 1.76 bits per heavy atom. The van der Waals surface area contributed by atoms with Crippen LogP contribution < -0.4 is 10.5 Å². The van der Waals surface area contributed by atoms with Crippen LogP contribution in [0.15, 0.2) is 24.3 Å². The zero-order chi connectivity index (χ0) is 15.3. The van der Waals surface area contributed by atoms with E-state index in [1.807, 2.05) is 0 Å². The number of rotatable bonds is 5. The summed E-state index contributed by atoms with van der Waals surface area (Å²) in [5.41, 5.74) is 5.03. The van der Waals surface area contributed by atoms with E-state index >= 15 is 0 Å². The highest BCUT2D eigenvalue weighted by molar-refractivity contribution is 5.97. The highest BCUT2D eigenvalue weighted by Crippen LogP contribution is 2.35. The number of Topliss-reactive ketones (excluding diaryl/α,β-unsaturated/α-hetero) is 1. The van der Waals surface area contributed by atoms with E-state index in [2.05, 4.69) is 0 Å². The summed E-state index contributed by atoms with van der Waals surface area (Å²) in [6.45, 7) is 0. The number of amides is 1. The molecule has 0 saturated heterocycles. The van der Waals surface area contributed by atoms with Crippen molar-refractivity contribution in [1.29, 1.82) is 0 Å². The zero-order valence-electron chi connectivity index (χ0n) is 12.3. The van der Waals surface area contributed by atoms with Crippen LogP contribution in [0.2, 0.25) is 0 Å². The van der Waals surface area contributed by atoms with Crippen LogP contribution in [0.3, 0.4) is 0 Å². The number of carbonyl (C=O) groups is 2. The Hall–Kier alpha value is -2.04. The summed E-state index contributed by atoms with van der Waals surface area (Å²) in [5.74, 6) is 0.660. The van der Waals surface area contributed by atoms with Crippen LogP contribution >= 0.6 is 0 Å². The first-order chi connectivity index (χ1) is 10.0. The molecule has 1 fully saturated rings. The zero-order valence-corrected chi connectivity index (χ0v) is 12.3. The van der Waals surface area contributed by atoms with Gasteiger partial charge < -0.3 is 15.2 Å². The first kappa shape index (κ1) is 15.4. The van der Waals surface area contributed by atoms with Gasteiger partial charge >= 0.3 is 6.09 Å². The first-order valence-electron chi connectivity index (χ1n) is 7.20. The molecule has 0 heterocycles. The molecular weight excluding hydrogens is 270 g/mol. The predicted octanol–water partition coefficient (Wildman–Crippen LogP) is 3.07. The van der Waals surface area contributed by atoms with Gasteiger partial charge in [0.05, 0.1) is 13.5 Å². The summed E-state index contributed by atoms with van der Waals surface area (Å²) < 4.78 is 10.4.